The first kappa shape index (κ1) is 11.0. The second kappa shape index (κ2) is 5.05. The molecule has 0 fully saturated rings. The third-order valence-electron chi connectivity index (χ3n) is 2.66. The lowest BCUT2D eigenvalue weighted by Gasteiger charge is -2.16. The molecule has 2 rings (SSSR count). The first-order valence-electron chi connectivity index (χ1n) is 5.43. The lowest BCUT2D eigenvalue weighted by atomic mass is 10.1. The van der Waals surface area contributed by atoms with Gasteiger partial charge in [-0.3, -0.25) is 9.88 Å². The van der Waals surface area contributed by atoms with Gasteiger partial charge in [0.2, 0.25) is 0 Å². The molecule has 0 aliphatic rings. The number of nitrogens with zero attached hydrogens (tertiary/aromatic N) is 2. The van der Waals surface area contributed by atoms with Crippen LogP contribution in [0, 0.1) is 0 Å². The van der Waals surface area contributed by atoms with E-state index in [-0.39, 0.29) is 6.61 Å². The summed E-state index contributed by atoms with van der Waals surface area (Å²) in [4.78, 5) is 6.43. The number of aliphatic hydroxyl groups excluding tert-OH is 1. The third kappa shape index (κ3) is 2.38. The number of hydrogen-bond acceptors (Lipinski definition) is 3. The van der Waals surface area contributed by atoms with Gasteiger partial charge in [0.15, 0.2) is 0 Å². The number of hydrogen-bond donors (Lipinski definition) is 1. The molecule has 0 atom stereocenters. The Morgan fingerprint density at radius 3 is 2.94 bits per heavy atom. The number of benzene rings is 1. The molecular formula is C13H16N2O. The minimum Gasteiger partial charge on any atom is -0.395 e. The highest BCUT2D eigenvalue weighted by Crippen LogP contribution is 2.17. The molecule has 3 heteroatoms. The zero-order valence-electron chi connectivity index (χ0n) is 9.43. The molecule has 0 spiro atoms. The Morgan fingerprint density at radius 1 is 1.25 bits per heavy atom. The van der Waals surface area contributed by atoms with E-state index in [0.29, 0.717) is 6.54 Å². The van der Waals surface area contributed by atoms with Crippen LogP contribution in [0.3, 0.4) is 0 Å². The van der Waals surface area contributed by atoms with Crippen LogP contribution in [0.2, 0.25) is 0 Å². The molecular weight excluding hydrogens is 200 g/mol. The Hall–Kier alpha value is -1.45. The Bertz CT molecular complexity index is 465. The minimum absolute atomic E-state index is 0.194. The lowest BCUT2D eigenvalue weighted by molar-refractivity contribution is 0.217. The van der Waals surface area contributed by atoms with Crippen molar-refractivity contribution in [2.75, 3.05) is 20.2 Å². The summed E-state index contributed by atoms with van der Waals surface area (Å²) in [6.45, 7) is 1.72. The molecule has 1 aromatic carbocycles. The van der Waals surface area contributed by atoms with Gasteiger partial charge in [-0.1, -0.05) is 18.2 Å². The highest BCUT2D eigenvalue weighted by Gasteiger charge is 2.03. The Balaban J connectivity index is 2.30. The molecule has 0 saturated carbocycles. The summed E-state index contributed by atoms with van der Waals surface area (Å²) < 4.78 is 0. The van der Waals surface area contributed by atoms with Crippen molar-refractivity contribution in [3.05, 3.63) is 42.1 Å². The molecule has 84 valence electrons. The molecule has 1 aromatic heterocycles. The fraction of sp³-hybridized carbons (Fsp3) is 0.308. The number of aliphatic hydroxyl groups is 1. The minimum atomic E-state index is 0.194. The first-order valence-corrected chi connectivity index (χ1v) is 5.43. The van der Waals surface area contributed by atoms with Crippen molar-refractivity contribution in [2.45, 2.75) is 6.54 Å². The van der Waals surface area contributed by atoms with Gasteiger partial charge in [-0.15, -0.1) is 0 Å². The molecule has 0 amide bonds. The highest BCUT2D eigenvalue weighted by molar-refractivity contribution is 5.81. The molecule has 0 saturated heterocycles. The van der Waals surface area contributed by atoms with E-state index in [4.69, 9.17) is 5.11 Å². The second-order valence-corrected chi connectivity index (χ2v) is 3.95. The van der Waals surface area contributed by atoms with Crippen LogP contribution in [-0.4, -0.2) is 35.2 Å². The average molecular weight is 216 g/mol. The van der Waals surface area contributed by atoms with Crippen molar-refractivity contribution in [1.82, 2.24) is 9.88 Å². The Labute approximate surface area is 95.3 Å². The monoisotopic (exact) mass is 216 g/mol. The van der Waals surface area contributed by atoms with Crippen LogP contribution in [0.4, 0.5) is 0 Å². The molecule has 0 aliphatic carbocycles. The van der Waals surface area contributed by atoms with Gasteiger partial charge in [0.1, 0.15) is 0 Å². The quantitative estimate of drug-likeness (QED) is 0.844. The second-order valence-electron chi connectivity index (χ2n) is 3.95. The molecule has 1 N–H and O–H groups in total. The van der Waals surface area contributed by atoms with E-state index in [1.165, 1.54) is 10.9 Å². The molecule has 0 bridgehead atoms. The summed E-state index contributed by atoms with van der Waals surface area (Å²) in [7, 11) is 2.01. The van der Waals surface area contributed by atoms with Gasteiger partial charge in [-0.2, -0.15) is 0 Å². The highest BCUT2D eigenvalue weighted by atomic mass is 16.3. The third-order valence-corrected chi connectivity index (χ3v) is 2.66. The predicted molar refractivity (Wildman–Crippen MR) is 65.2 cm³/mol. The van der Waals surface area contributed by atoms with E-state index in [2.05, 4.69) is 22.0 Å². The fourth-order valence-electron chi connectivity index (χ4n) is 1.85. The fourth-order valence-corrected chi connectivity index (χ4v) is 1.85. The van der Waals surface area contributed by atoms with Crippen LogP contribution in [0.25, 0.3) is 10.9 Å². The number of fused-ring (bicyclic) bond motifs is 1. The van der Waals surface area contributed by atoms with Gasteiger partial charge in [0.05, 0.1) is 12.1 Å². The van der Waals surface area contributed by atoms with Gasteiger partial charge in [-0.05, 0) is 24.7 Å². The zero-order valence-corrected chi connectivity index (χ0v) is 9.43. The number of aromatic nitrogens is 1. The average Bonchev–Trinajstić information content (AvgIpc) is 2.30. The molecule has 3 nitrogen and oxygen atoms in total. The van der Waals surface area contributed by atoms with Crippen LogP contribution in [0.15, 0.2) is 36.5 Å². The van der Waals surface area contributed by atoms with Crippen molar-refractivity contribution in [2.24, 2.45) is 0 Å². The topological polar surface area (TPSA) is 36.4 Å². The van der Waals surface area contributed by atoms with Crippen molar-refractivity contribution in [3.8, 4) is 0 Å². The number of rotatable bonds is 4. The predicted octanol–water partition coefficient (Wildman–Crippen LogP) is 1.66. The van der Waals surface area contributed by atoms with E-state index < -0.39 is 0 Å². The van der Waals surface area contributed by atoms with Crippen LogP contribution in [-0.2, 0) is 6.54 Å². The van der Waals surface area contributed by atoms with Crippen molar-refractivity contribution < 1.29 is 5.11 Å². The van der Waals surface area contributed by atoms with Gasteiger partial charge < -0.3 is 5.11 Å². The summed E-state index contributed by atoms with van der Waals surface area (Å²) in [5.74, 6) is 0. The SMILES string of the molecule is CN(CCO)Cc1cccc2ncccc12. The van der Waals surface area contributed by atoms with Gasteiger partial charge in [0.25, 0.3) is 0 Å². The summed E-state index contributed by atoms with van der Waals surface area (Å²) in [6.07, 6.45) is 1.81. The maximum absolute atomic E-state index is 8.87. The normalized spacial score (nSPS) is 11.2. The van der Waals surface area contributed by atoms with Crippen LogP contribution in [0.5, 0.6) is 0 Å². The molecule has 0 unspecified atom stereocenters. The molecule has 0 aliphatic heterocycles. The molecule has 2 aromatic rings. The van der Waals surface area contributed by atoms with Gasteiger partial charge in [0, 0.05) is 24.7 Å². The van der Waals surface area contributed by atoms with E-state index in [9.17, 15) is 0 Å². The van der Waals surface area contributed by atoms with Gasteiger partial charge in [-0.25, -0.2) is 0 Å². The largest absolute Gasteiger partial charge is 0.395 e. The van der Waals surface area contributed by atoms with E-state index in [1.54, 1.807) is 0 Å². The van der Waals surface area contributed by atoms with E-state index in [1.807, 2.05) is 31.4 Å². The van der Waals surface area contributed by atoms with Crippen molar-refractivity contribution in [1.29, 1.82) is 0 Å². The smallest absolute Gasteiger partial charge is 0.0705 e. The zero-order chi connectivity index (χ0) is 11.4. The Kier molecular flexibility index (Phi) is 3.49. The van der Waals surface area contributed by atoms with Crippen LogP contribution < -0.4 is 0 Å². The summed E-state index contributed by atoms with van der Waals surface area (Å²) in [5, 5.41) is 10.1. The molecule has 0 radical (unpaired) electrons. The Morgan fingerprint density at radius 2 is 2.12 bits per heavy atom. The van der Waals surface area contributed by atoms with Crippen LogP contribution in [0.1, 0.15) is 5.56 Å². The summed E-state index contributed by atoms with van der Waals surface area (Å²) in [6, 6.07) is 10.2. The van der Waals surface area contributed by atoms with E-state index >= 15 is 0 Å². The first-order chi connectivity index (χ1) is 7.81. The summed E-state index contributed by atoms with van der Waals surface area (Å²) >= 11 is 0. The maximum atomic E-state index is 8.87. The number of pyridine rings is 1. The van der Waals surface area contributed by atoms with Gasteiger partial charge >= 0.3 is 0 Å². The van der Waals surface area contributed by atoms with Crippen molar-refractivity contribution in [3.63, 3.8) is 0 Å². The van der Waals surface area contributed by atoms with Crippen LogP contribution >= 0.6 is 0 Å². The maximum Gasteiger partial charge on any atom is 0.0705 e. The molecule has 16 heavy (non-hydrogen) atoms. The number of likely N-dealkylation sites (N-methyl/N-ethyl adjacent to an activating group) is 1. The van der Waals surface area contributed by atoms with Crippen molar-refractivity contribution >= 4 is 10.9 Å². The standard InChI is InChI=1S/C13H16N2O/c1-15(8-9-16)10-11-4-2-6-13-12(11)5-3-7-14-13/h2-7,16H,8-10H2,1H3. The summed E-state index contributed by atoms with van der Waals surface area (Å²) in [5.41, 5.74) is 2.28. The lowest BCUT2D eigenvalue weighted by Crippen LogP contribution is -2.21. The molecule has 1 heterocycles. The van der Waals surface area contributed by atoms with E-state index in [0.717, 1.165) is 12.1 Å².